The molecule has 0 bridgehead atoms. The summed E-state index contributed by atoms with van der Waals surface area (Å²) in [7, 11) is 0. The van der Waals surface area contributed by atoms with E-state index in [2.05, 4.69) is 20.5 Å². The van der Waals surface area contributed by atoms with E-state index < -0.39 is 0 Å². The first-order chi connectivity index (χ1) is 9.22. The number of aromatic amines is 1. The number of amides is 1. The molecule has 104 valence electrons. The van der Waals surface area contributed by atoms with Gasteiger partial charge in [0.15, 0.2) is 0 Å². The van der Waals surface area contributed by atoms with Crippen LogP contribution in [-0.2, 0) is 0 Å². The largest absolute Gasteiger partial charge is 0.336 e. The molecular weight excluding hydrogens is 242 g/mol. The van der Waals surface area contributed by atoms with Crippen molar-refractivity contribution >= 4 is 5.91 Å². The van der Waals surface area contributed by atoms with Gasteiger partial charge in [-0.3, -0.25) is 9.89 Å². The highest BCUT2D eigenvalue weighted by Crippen LogP contribution is 2.28. The van der Waals surface area contributed by atoms with Gasteiger partial charge in [-0.1, -0.05) is 0 Å². The summed E-state index contributed by atoms with van der Waals surface area (Å²) in [6.45, 7) is 4.56. The third-order valence-electron chi connectivity index (χ3n) is 3.96. The molecule has 2 N–H and O–H groups in total. The van der Waals surface area contributed by atoms with E-state index in [1.54, 1.807) is 6.92 Å². The molecule has 0 atom stereocenters. The molecule has 6 nitrogen and oxygen atoms in total. The molecule has 0 spiro atoms. The van der Waals surface area contributed by atoms with Crippen LogP contribution >= 0.6 is 0 Å². The quantitative estimate of drug-likeness (QED) is 0.839. The molecule has 0 aromatic carbocycles. The van der Waals surface area contributed by atoms with E-state index in [0.717, 1.165) is 38.4 Å². The van der Waals surface area contributed by atoms with Crippen molar-refractivity contribution in [2.24, 2.45) is 5.92 Å². The van der Waals surface area contributed by atoms with Gasteiger partial charge in [-0.05, 0) is 45.1 Å². The van der Waals surface area contributed by atoms with Gasteiger partial charge >= 0.3 is 0 Å². The van der Waals surface area contributed by atoms with Crippen LogP contribution < -0.4 is 5.32 Å². The number of likely N-dealkylation sites (tertiary alicyclic amines) is 1. The first-order valence-electron chi connectivity index (χ1n) is 7.14. The van der Waals surface area contributed by atoms with Crippen LogP contribution in [0.4, 0.5) is 0 Å². The summed E-state index contributed by atoms with van der Waals surface area (Å²) in [4.78, 5) is 18.1. The predicted molar refractivity (Wildman–Crippen MR) is 70.8 cm³/mol. The van der Waals surface area contributed by atoms with Gasteiger partial charge in [-0.25, -0.2) is 4.98 Å². The minimum atomic E-state index is -0.0509. The van der Waals surface area contributed by atoms with Gasteiger partial charge in [0.1, 0.15) is 5.82 Å². The van der Waals surface area contributed by atoms with Crippen molar-refractivity contribution < 1.29 is 4.79 Å². The number of aromatic nitrogens is 3. The summed E-state index contributed by atoms with van der Waals surface area (Å²) < 4.78 is 0. The summed E-state index contributed by atoms with van der Waals surface area (Å²) >= 11 is 0. The Hall–Kier alpha value is -1.43. The van der Waals surface area contributed by atoms with Crippen molar-refractivity contribution in [3.63, 3.8) is 0 Å². The van der Waals surface area contributed by atoms with E-state index in [4.69, 9.17) is 0 Å². The van der Waals surface area contributed by atoms with Crippen molar-refractivity contribution in [1.29, 1.82) is 0 Å². The second kappa shape index (κ2) is 5.28. The van der Waals surface area contributed by atoms with E-state index in [9.17, 15) is 4.79 Å². The lowest BCUT2D eigenvalue weighted by atomic mass is 10.0. The van der Waals surface area contributed by atoms with E-state index in [1.807, 2.05) is 4.90 Å². The van der Waals surface area contributed by atoms with E-state index in [1.165, 1.54) is 12.8 Å². The molecule has 1 aliphatic carbocycles. The molecule has 1 aliphatic heterocycles. The van der Waals surface area contributed by atoms with E-state index in [0.29, 0.717) is 17.7 Å². The molecule has 1 aromatic heterocycles. The number of piperidine rings is 1. The number of nitrogens with zero attached hydrogens (tertiary/aromatic N) is 3. The third-order valence-corrected chi connectivity index (χ3v) is 3.96. The fourth-order valence-electron chi connectivity index (χ4n) is 2.52. The SMILES string of the molecule is Cc1nc(C(=O)N2CCC(NCC3CC3)CC2)n[nH]1. The van der Waals surface area contributed by atoms with Gasteiger partial charge in [-0.15, -0.1) is 5.10 Å². The molecule has 0 radical (unpaired) electrons. The number of H-pyrrole nitrogens is 1. The van der Waals surface area contributed by atoms with Crippen molar-refractivity contribution in [1.82, 2.24) is 25.4 Å². The smallest absolute Gasteiger partial charge is 0.293 e. The summed E-state index contributed by atoms with van der Waals surface area (Å²) in [5, 5.41) is 10.3. The van der Waals surface area contributed by atoms with Gasteiger partial charge in [-0.2, -0.15) is 0 Å². The Morgan fingerprint density at radius 2 is 2.11 bits per heavy atom. The first kappa shape index (κ1) is 12.6. The minimum Gasteiger partial charge on any atom is -0.336 e. The minimum absolute atomic E-state index is 0.0509. The maximum absolute atomic E-state index is 12.2. The standard InChI is InChI=1S/C13H21N5O/c1-9-15-12(17-16-9)13(19)18-6-4-11(5-7-18)14-8-10-2-3-10/h10-11,14H,2-8H2,1H3,(H,15,16,17). The molecule has 1 saturated heterocycles. The van der Waals surface area contributed by atoms with Crippen LogP contribution in [0.1, 0.15) is 42.1 Å². The summed E-state index contributed by atoms with van der Waals surface area (Å²) in [6.07, 6.45) is 4.83. The second-order valence-electron chi connectivity index (χ2n) is 5.66. The Balaban J connectivity index is 1.47. The number of hydrogen-bond acceptors (Lipinski definition) is 4. The molecule has 1 amide bonds. The topological polar surface area (TPSA) is 73.9 Å². The number of rotatable bonds is 4. The number of nitrogens with one attached hydrogen (secondary N) is 2. The Labute approximate surface area is 113 Å². The van der Waals surface area contributed by atoms with Crippen molar-refractivity contribution in [3.8, 4) is 0 Å². The fraction of sp³-hybridized carbons (Fsp3) is 0.769. The number of aryl methyl sites for hydroxylation is 1. The van der Waals surface area contributed by atoms with Gasteiger partial charge < -0.3 is 10.2 Å². The van der Waals surface area contributed by atoms with Crippen LogP contribution in [-0.4, -0.2) is 51.7 Å². The molecule has 19 heavy (non-hydrogen) atoms. The zero-order valence-electron chi connectivity index (χ0n) is 11.4. The molecule has 2 aliphatic rings. The van der Waals surface area contributed by atoms with Gasteiger partial charge in [0.2, 0.25) is 5.82 Å². The van der Waals surface area contributed by atoms with Crippen LogP contribution in [0, 0.1) is 12.8 Å². The lowest BCUT2D eigenvalue weighted by Crippen LogP contribution is -2.45. The molecule has 2 heterocycles. The van der Waals surface area contributed by atoms with Crippen LogP contribution in [0.15, 0.2) is 0 Å². The van der Waals surface area contributed by atoms with Crippen molar-refractivity contribution in [2.45, 2.75) is 38.6 Å². The van der Waals surface area contributed by atoms with E-state index >= 15 is 0 Å². The monoisotopic (exact) mass is 263 g/mol. The molecule has 3 rings (SSSR count). The van der Waals surface area contributed by atoms with E-state index in [-0.39, 0.29) is 5.91 Å². The number of carbonyl (C=O) groups is 1. The molecule has 2 fully saturated rings. The van der Waals surface area contributed by atoms with Crippen LogP contribution in [0.5, 0.6) is 0 Å². The Morgan fingerprint density at radius 3 is 2.68 bits per heavy atom. The number of hydrogen-bond donors (Lipinski definition) is 2. The Kier molecular flexibility index (Phi) is 3.50. The van der Waals surface area contributed by atoms with Crippen LogP contribution in [0.3, 0.4) is 0 Å². The van der Waals surface area contributed by atoms with Crippen LogP contribution in [0.2, 0.25) is 0 Å². The Morgan fingerprint density at radius 1 is 1.37 bits per heavy atom. The second-order valence-corrected chi connectivity index (χ2v) is 5.66. The summed E-state index contributed by atoms with van der Waals surface area (Å²) in [5.74, 6) is 1.84. The zero-order valence-corrected chi connectivity index (χ0v) is 11.4. The average Bonchev–Trinajstić information content (AvgIpc) is 3.17. The normalized spacial score (nSPS) is 20.8. The predicted octanol–water partition coefficient (Wildman–Crippen LogP) is 0.717. The maximum atomic E-state index is 12.2. The Bertz CT molecular complexity index is 446. The van der Waals surface area contributed by atoms with Gasteiger partial charge in [0, 0.05) is 19.1 Å². The maximum Gasteiger partial charge on any atom is 0.293 e. The zero-order chi connectivity index (χ0) is 13.2. The first-order valence-corrected chi connectivity index (χ1v) is 7.14. The number of carbonyl (C=O) groups excluding carboxylic acids is 1. The fourth-order valence-corrected chi connectivity index (χ4v) is 2.52. The summed E-state index contributed by atoms with van der Waals surface area (Å²) in [5.41, 5.74) is 0. The molecular formula is C13H21N5O. The highest BCUT2D eigenvalue weighted by Gasteiger charge is 2.27. The van der Waals surface area contributed by atoms with Gasteiger partial charge in [0.05, 0.1) is 0 Å². The lowest BCUT2D eigenvalue weighted by Gasteiger charge is -2.31. The highest BCUT2D eigenvalue weighted by atomic mass is 16.2. The highest BCUT2D eigenvalue weighted by molar-refractivity contribution is 5.90. The molecule has 1 aromatic rings. The van der Waals surface area contributed by atoms with Crippen molar-refractivity contribution in [3.05, 3.63) is 11.6 Å². The lowest BCUT2D eigenvalue weighted by molar-refractivity contribution is 0.0693. The average molecular weight is 263 g/mol. The third kappa shape index (κ3) is 3.12. The van der Waals surface area contributed by atoms with Gasteiger partial charge in [0.25, 0.3) is 5.91 Å². The van der Waals surface area contributed by atoms with Crippen molar-refractivity contribution in [2.75, 3.05) is 19.6 Å². The molecule has 1 saturated carbocycles. The molecule has 0 unspecified atom stereocenters. The van der Waals surface area contributed by atoms with Crippen LogP contribution in [0.25, 0.3) is 0 Å². The summed E-state index contributed by atoms with van der Waals surface area (Å²) in [6, 6.07) is 0.568. The molecule has 6 heteroatoms.